The molecule has 0 unspecified atom stereocenters. The van der Waals surface area contributed by atoms with Gasteiger partial charge >= 0.3 is 12.4 Å². The minimum absolute atomic E-state index is 0.203. The summed E-state index contributed by atoms with van der Waals surface area (Å²) in [5, 5.41) is 9.23. The highest BCUT2D eigenvalue weighted by Gasteiger charge is 2.72. The predicted molar refractivity (Wildman–Crippen MR) is 58.9 cm³/mol. The second-order valence-electron chi connectivity index (χ2n) is 5.39. The molecule has 0 saturated carbocycles. The Hall–Kier alpha value is -1.31. The average molecular weight is 301 g/mol. The molecular weight excluding hydrogens is 288 g/mol. The number of nitrogens with zero attached hydrogens (tertiary/aromatic N) is 1. The van der Waals surface area contributed by atoms with Crippen LogP contribution in [0, 0.1) is 0 Å². The fourth-order valence-corrected chi connectivity index (χ4v) is 1.55. The second-order valence-corrected chi connectivity index (χ2v) is 5.39. The number of halogens is 6. The summed E-state index contributed by atoms with van der Waals surface area (Å²) in [6, 6.07) is 1.93. The molecule has 1 aromatic heterocycles. The van der Waals surface area contributed by atoms with Crippen LogP contribution in [-0.2, 0) is 11.0 Å². The number of aliphatic hydroxyl groups is 1. The first-order chi connectivity index (χ1) is 8.71. The molecule has 0 aliphatic carbocycles. The van der Waals surface area contributed by atoms with Crippen molar-refractivity contribution in [1.82, 2.24) is 4.98 Å². The summed E-state index contributed by atoms with van der Waals surface area (Å²) in [4.78, 5) is 3.07. The van der Waals surface area contributed by atoms with E-state index in [1.807, 2.05) is 0 Å². The van der Waals surface area contributed by atoms with E-state index in [0.717, 1.165) is 6.20 Å². The van der Waals surface area contributed by atoms with Gasteiger partial charge in [-0.15, -0.1) is 0 Å². The molecule has 0 atom stereocenters. The van der Waals surface area contributed by atoms with Gasteiger partial charge in [-0.1, -0.05) is 20.8 Å². The molecule has 1 rings (SSSR count). The lowest BCUT2D eigenvalue weighted by Gasteiger charge is -2.32. The van der Waals surface area contributed by atoms with E-state index in [0.29, 0.717) is 6.07 Å². The SMILES string of the molecule is CC(C)(C)c1ccnc(C(O)(C(F)(F)F)C(F)(F)F)c1. The van der Waals surface area contributed by atoms with E-state index >= 15 is 0 Å². The second kappa shape index (κ2) is 4.61. The molecule has 0 spiro atoms. The minimum atomic E-state index is -5.92. The molecule has 0 saturated heterocycles. The standard InChI is InChI=1S/C12H13F6NO/c1-9(2,3)7-4-5-19-8(6-7)10(20,11(13,14)15)12(16,17)18/h4-6,20H,1-3H3. The van der Waals surface area contributed by atoms with E-state index in [-0.39, 0.29) is 5.56 Å². The molecular formula is C12H13F6NO. The summed E-state index contributed by atoms with van der Waals surface area (Å²) >= 11 is 0. The molecule has 1 N–H and O–H groups in total. The molecule has 0 aliphatic heterocycles. The Morgan fingerprint density at radius 1 is 0.950 bits per heavy atom. The summed E-state index contributed by atoms with van der Waals surface area (Å²) in [6.07, 6.45) is -11.0. The summed E-state index contributed by atoms with van der Waals surface area (Å²) in [7, 11) is 0. The zero-order valence-electron chi connectivity index (χ0n) is 10.9. The van der Waals surface area contributed by atoms with Gasteiger partial charge in [-0.05, 0) is 23.1 Å². The molecule has 0 fully saturated rings. The Morgan fingerprint density at radius 3 is 1.75 bits per heavy atom. The van der Waals surface area contributed by atoms with E-state index in [4.69, 9.17) is 0 Å². The van der Waals surface area contributed by atoms with Gasteiger partial charge in [0, 0.05) is 6.20 Å². The minimum Gasteiger partial charge on any atom is -0.368 e. The Labute approximate surface area is 111 Å². The molecule has 20 heavy (non-hydrogen) atoms. The van der Waals surface area contributed by atoms with E-state index < -0.39 is 29.1 Å². The topological polar surface area (TPSA) is 33.1 Å². The third-order valence-corrected chi connectivity index (χ3v) is 2.82. The van der Waals surface area contributed by atoms with Crippen LogP contribution < -0.4 is 0 Å². The Kier molecular flexibility index (Phi) is 3.86. The molecule has 0 bridgehead atoms. The molecule has 2 nitrogen and oxygen atoms in total. The van der Waals surface area contributed by atoms with Crippen LogP contribution in [0.1, 0.15) is 32.0 Å². The number of alkyl halides is 6. The van der Waals surface area contributed by atoms with Gasteiger partial charge in [-0.2, -0.15) is 26.3 Å². The molecule has 0 amide bonds. The van der Waals surface area contributed by atoms with Crippen LogP contribution in [-0.4, -0.2) is 22.4 Å². The van der Waals surface area contributed by atoms with Crippen molar-refractivity contribution < 1.29 is 31.4 Å². The van der Waals surface area contributed by atoms with Crippen LogP contribution in [0.5, 0.6) is 0 Å². The third kappa shape index (κ3) is 2.74. The number of hydrogen-bond donors (Lipinski definition) is 1. The van der Waals surface area contributed by atoms with Crippen molar-refractivity contribution in [2.45, 2.75) is 44.1 Å². The highest BCUT2D eigenvalue weighted by Crippen LogP contribution is 2.49. The van der Waals surface area contributed by atoms with Crippen molar-refractivity contribution in [2.24, 2.45) is 0 Å². The maximum absolute atomic E-state index is 12.7. The average Bonchev–Trinajstić information content (AvgIpc) is 2.24. The Morgan fingerprint density at radius 2 is 1.40 bits per heavy atom. The summed E-state index contributed by atoms with van der Waals surface area (Å²) in [6.45, 7) is 4.85. The lowest BCUT2D eigenvalue weighted by atomic mass is 9.85. The number of hydrogen-bond acceptors (Lipinski definition) is 2. The van der Waals surface area contributed by atoms with Gasteiger partial charge in [0.25, 0.3) is 5.60 Å². The maximum Gasteiger partial charge on any atom is 0.432 e. The van der Waals surface area contributed by atoms with Crippen LogP contribution in [0.3, 0.4) is 0 Å². The predicted octanol–water partition coefficient (Wildman–Crippen LogP) is 3.69. The fraction of sp³-hybridized carbons (Fsp3) is 0.583. The zero-order valence-corrected chi connectivity index (χ0v) is 10.9. The van der Waals surface area contributed by atoms with Crippen LogP contribution in [0.4, 0.5) is 26.3 Å². The van der Waals surface area contributed by atoms with E-state index in [1.165, 1.54) is 6.07 Å². The molecule has 0 aliphatic rings. The van der Waals surface area contributed by atoms with E-state index in [9.17, 15) is 31.4 Å². The van der Waals surface area contributed by atoms with E-state index in [2.05, 4.69) is 4.98 Å². The van der Waals surface area contributed by atoms with Gasteiger partial charge in [0.15, 0.2) is 0 Å². The first kappa shape index (κ1) is 16.7. The molecule has 1 aromatic rings. The maximum atomic E-state index is 12.7. The van der Waals surface area contributed by atoms with Crippen LogP contribution in [0.25, 0.3) is 0 Å². The molecule has 114 valence electrons. The Balaban J connectivity index is 3.53. The summed E-state index contributed by atoms with van der Waals surface area (Å²) in [5.74, 6) is 0. The first-order valence-electron chi connectivity index (χ1n) is 5.54. The van der Waals surface area contributed by atoms with Gasteiger partial charge < -0.3 is 5.11 Å². The number of rotatable bonds is 1. The number of aromatic nitrogens is 1. The van der Waals surface area contributed by atoms with Crippen LogP contribution in [0.15, 0.2) is 18.3 Å². The van der Waals surface area contributed by atoms with Crippen molar-refractivity contribution >= 4 is 0 Å². The van der Waals surface area contributed by atoms with Crippen LogP contribution >= 0.6 is 0 Å². The van der Waals surface area contributed by atoms with Gasteiger partial charge in [-0.25, -0.2) is 0 Å². The quantitative estimate of drug-likeness (QED) is 0.803. The lowest BCUT2D eigenvalue weighted by Crippen LogP contribution is -2.54. The van der Waals surface area contributed by atoms with Crippen molar-refractivity contribution in [3.05, 3.63) is 29.6 Å². The first-order valence-corrected chi connectivity index (χ1v) is 5.54. The largest absolute Gasteiger partial charge is 0.432 e. The highest BCUT2D eigenvalue weighted by molar-refractivity contribution is 5.28. The molecule has 0 radical (unpaired) electrons. The highest BCUT2D eigenvalue weighted by atomic mass is 19.4. The number of pyridine rings is 1. The monoisotopic (exact) mass is 301 g/mol. The van der Waals surface area contributed by atoms with Gasteiger partial charge in [0.1, 0.15) is 0 Å². The molecule has 1 heterocycles. The van der Waals surface area contributed by atoms with Crippen molar-refractivity contribution in [2.75, 3.05) is 0 Å². The normalized spacial score (nSPS) is 14.5. The van der Waals surface area contributed by atoms with Gasteiger partial charge in [0.2, 0.25) is 0 Å². The molecule has 8 heteroatoms. The van der Waals surface area contributed by atoms with E-state index in [1.54, 1.807) is 20.8 Å². The van der Waals surface area contributed by atoms with Crippen molar-refractivity contribution in [1.29, 1.82) is 0 Å². The summed E-state index contributed by atoms with van der Waals surface area (Å²) in [5.41, 5.74) is -6.95. The zero-order chi connectivity index (χ0) is 16.0. The van der Waals surface area contributed by atoms with Crippen LogP contribution in [0.2, 0.25) is 0 Å². The fourth-order valence-electron chi connectivity index (χ4n) is 1.55. The van der Waals surface area contributed by atoms with Crippen molar-refractivity contribution in [3.8, 4) is 0 Å². The third-order valence-electron chi connectivity index (χ3n) is 2.82. The van der Waals surface area contributed by atoms with Crippen molar-refractivity contribution in [3.63, 3.8) is 0 Å². The van der Waals surface area contributed by atoms with Gasteiger partial charge in [0.05, 0.1) is 5.69 Å². The summed E-state index contributed by atoms with van der Waals surface area (Å²) < 4.78 is 76.2. The lowest BCUT2D eigenvalue weighted by molar-refractivity contribution is -0.377. The molecule has 0 aromatic carbocycles. The smallest absolute Gasteiger partial charge is 0.368 e. The van der Waals surface area contributed by atoms with Gasteiger partial charge in [-0.3, -0.25) is 4.98 Å². The Bertz CT molecular complexity index is 472.